The van der Waals surface area contributed by atoms with Gasteiger partial charge in [-0.1, -0.05) is 42.5 Å². The van der Waals surface area contributed by atoms with Crippen LogP contribution in [-0.2, 0) is 9.59 Å². The molecule has 2 N–H and O–H groups in total. The molecule has 2 amide bonds. The highest BCUT2D eigenvalue weighted by atomic mass is 16.5. The Balaban J connectivity index is 1.55. The molecule has 4 aromatic carbocycles. The Morgan fingerprint density at radius 2 is 1.55 bits per heavy atom. The van der Waals surface area contributed by atoms with E-state index >= 15 is 0 Å². The van der Waals surface area contributed by atoms with Crippen molar-refractivity contribution in [3.8, 4) is 17.2 Å². The normalized spacial score (nSPS) is 10.7. The maximum absolute atomic E-state index is 13.0. The first-order valence-corrected chi connectivity index (χ1v) is 11.6. The average Bonchev–Trinajstić information content (AvgIpc) is 2.93. The summed E-state index contributed by atoms with van der Waals surface area (Å²) in [6.45, 7) is 1.87. The van der Waals surface area contributed by atoms with Gasteiger partial charge in [-0.05, 0) is 59.7 Å². The SMILES string of the molecule is COc1ccc(C(=O)Oc2ccc3ccccc3c2/C=N\NC(=O)C(=O)Nc2cccc(C)c2)cc1OC. The van der Waals surface area contributed by atoms with Crippen LogP contribution < -0.4 is 25.0 Å². The Hall–Kier alpha value is -5.18. The highest BCUT2D eigenvalue weighted by Gasteiger charge is 2.17. The minimum absolute atomic E-state index is 0.214. The molecule has 0 aliphatic rings. The number of rotatable bonds is 7. The van der Waals surface area contributed by atoms with Crippen molar-refractivity contribution in [1.82, 2.24) is 5.43 Å². The summed E-state index contributed by atoms with van der Waals surface area (Å²) < 4.78 is 16.2. The van der Waals surface area contributed by atoms with Gasteiger partial charge >= 0.3 is 17.8 Å². The molecule has 0 aromatic heterocycles. The lowest BCUT2D eigenvalue weighted by Crippen LogP contribution is -2.32. The second kappa shape index (κ2) is 11.7. The van der Waals surface area contributed by atoms with Crippen molar-refractivity contribution >= 4 is 40.5 Å². The van der Waals surface area contributed by atoms with E-state index in [4.69, 9.17) is 14.2 Å². The molecule has 0 unspecified atom stereocenters. The van der Waals surface area contributed by atoms with Crippen molar-refractivity contribution in [2.75, 3.05) is 19.5 Å². The number of benzene rings is 4. The number of hydrogen-bond donors (Lipinski definition) is 2. The molecule has 0 aliphatic heterocycles. The third-order valence-electron chi connectivity index (χ3n) is 5.59. The van der Waals surface area contributed by atoms with Crippen LogP contribution >= 0.6 is 0 Å². The molecule has 0 aliphatic carbocycles. The number of nitrogens with one attached hydrogen (secondary N) is 2. The fourth-order valence-corrected chi connectivity index (χ4v) is 3.74. The van der Waals surface area contributed by atoms with Crippen molar-refractivity contribution in [2.24, 2.45) is 5.10 Å². The first-order valence-electron chi connectivity index (χ1n) is 11.6. The second-order valence-electron chi connectivity index (χ2n) is 8.18. The van der Waals surface area contributed by atoms with E-state index in [1.165, 1.54) is 26.5 Å². The van der Waals surface area contributed by atoms with Gasteiger partial charge in [-0.15, -0.1) is 0 Å². The van der Waals surface area contributed by atoms with E-state index in [1.807, 2.05) is 37.3 Å². The first kappa shape index (κ1) is 25.9. The van der Waals surface area contributed by atoms with Gasteiger partial charge in [0.15, 0.2) is 11.5 Å². The maximum atomic E-state index is 13.0. The molecule has 192 valence electrons. The first-order chi connectivity index (χ1) is 18.4. The van der Waals surface area contributed by atoms with Gasteiger partial charge in [-0.25, -0.2) is 10.2 Å². The van der Waals surface area contributed by atoms with Gasteiger partial charge in [0.2, 0.25) is 0 Å². The number of ether oxygens (including phenoxy) is 3. The van der Waals surface area contributed by atoms with Crippen LogP contribution in [0.3, 0.4) is 0 Å². The van der Waals surface area contributed by atoms with E-state index in [-0.39, 0.29) is 11.3 Å². The fraction of sp³-hybridized carbons (Fsp3) is 0.103. The van der Waals surface area contributed by atoms with Crippen molar-refractivity contribution in [3.05, 3.63) is 95.6 Å². The van der Waals surface area contributed by atoms with Gasteiger partial charge in [0.25, 0.3) is 0 Å². The predicted molar refractivity (Wildman–Crippen MR) is 144 cm³/mol. The molecule has 0 atom stereocenters. The van der Waals surface area contributed by atoms with Crippen LogP contribution in [0, 0.1) is 6.92 Å². The number of carbonyl (C=O) groups is 3. The molecule has 0 spiro atoms. The quantitative estimate of drug-likeness (QED) is 0.124. The van der Waals surface area contributed by atoms with Crippen LogP contribution in [0.5, 0.6) is 17.2 Å². The molecule has 0 saturated heterocycles. The van der Waals surface area contributed by atoms with Crippen LogP contribution in [0.1, 0.15) is 21.5 Å². The molecule has 9 heteroatoms. The summed E-state index contributed by atoms with van der Waals surface area (Å²) in [5.74, 6) is -1.38. The molecule has 0 saturated carbocycles. The smallest absolute Gasteiger partial charge is 0.343 e. The van der Waals surface area contributed by atoms with Crippen LogP contribution in [0.15, 0.2) is 84.0 Å². The van der Waals surface area contributed by atoms with Gasteiger partial charge in [-0.3, -0.25) is 9.59 Å². The lowest BCUT2D eigenvalue weighted by Gasteiger charge is -2.12. The predicted octanol–water partition coefficient (Wildman–Crippen LogP) is 4.47. The van der Waals surface area contributed by atoms with Gasteiger partial charge in [0.1, 0.15) is 5.75 Å². The highest BCUT2D eigenvalue weighted by Crippen LogP contribution is 2.30. The summed E-state index contributed by atoms with van der Waals surface area (Å²) in [7, 11) is 2.97. The molecule has 0 fully saturated rings. The van der Waals surface area contributed by atoms with Crippen LogP contribution in [0.4, 0.5) is 5.69 Å². The number of carbonyl (C=O) groups excluding carboxylic acids is 3. The van der Waals surface area contributed by atoms with E-state index in [0.29, 0.717) is 22.7 Å². The van der Waals surface area contributed by atoms with Gasteiger partial charge < -0.3 is 19.5 Å². The minimum Gasteiger partial charge on any atom is -0.493 e. The molecule has 38 heavy (non-hydrogen) atoms. The Bertz CT molecular complexity index is 1550. The molecular weight excluding hydrogens is 486 g/mol. The summed E-state index contributed by atoms with van der Waals surface area (Å²) in [5.41, 5.74) is 4.34. The lowest BCUT2D eigenvalue weighted by molar-refractivity contribution is -0.136. The zero-order valence-electron chi connectivity index (χ0n) is 21.0. The van der Waals surface area contributed by atoms with Gasteiger partial charge in [0, 0.05) is 11.3 Å². The third kappa shape index (κ3) is 5.96. The monoisotopic (exact) mass is 511 g/mol. The molecule has 9 nitrogen and oxygen atoms in total. The van der Waals surface area contributed by atoms with Crippen molar-refractivity contribution in [3.63, 3.8) is 0 Å². The molecule has 0 heterocycles. The number of fused-ring (bicyclic) bond motifs is 1. The minimum atomic E-state index is -0.952. The van der Waals surface area contributed by atoms with E-state index < -0.39 is 17.8 Å². The largest absolute Gasteiger partial charge is 0.493 e. The number of hydrazone groups is 1. The molecule has 4 aromatic rings. The number of hydrogen-bond acceptors (Lipinski definition) is 7. The lowest BCUT2D eigenvalue weighted by atomic mass is 10.0. The standard InChI is InChI=1S/C29H25N3O6/c1-18-7-6-9-21(15-18)31-27(33)28(34)32-30-17-23-22-10-5-4-8-19(22)11-13-24(23)38-29(35)20-12-14-25(36-2)26(16-20)37-3/h4-17H,1-3H3,(H,31,33)(H,32,34)/b30-17-. The summed E-state index contributed by atoms with van der Waals surface area (Å²) in [5, 5.41) is 8.06. The Kier molecular flexibility index (Phi) is 7.98. The van der Waals surface area contributed by atoms with E-state index in [1.54, 1.807) is 42.5 Å². The Morgan fingerprint density at radius 1 is 0.789 bits per heavy atom. The van der Waals surface area contributed by atoms with E-state index in [0.717, 1.165) is 16.3 Å². The topological polar surface area (TPSA) is 115 Å². The van der Waals surface area contributed by atoms with Gasteiger partial charge in [0.05, 0.1) is 26.0 Å². The zero-order chi connectivity index (χ0) is 27.1. The Labute approximate surface area is 219 Å². The third-order valence-corrected chi connectivity index (χ3v) is 5.59. The number of methoxy groups -OCH3 is 2. The number of aryl methyl sites for hydroxylation is 1. The molecular formula is C29H25N3O6. The molecule has 4 rings (SSSR count). The van der Waals surface area contributed by atoms with E-state index in [9.17, 15) is 14.4 Å². The fourth-order valence-electron chi connectivity index (χ4n) is 3.74. The average molecular weight is 512 g/mol. The van der Waals surface area contributed by atoms with E-state index in [2.05, 4.69) is 15.8 Å². The van der Waals surface area contributed by atoms with Crippen molar-refractivity contribution in [1.29, 1.82) is 0 Å². The van der Waals surface area contributed by atoms with Crippen molar-refractivity contribution in [2.45, 2.75) is 6.92 Å². The number of anilines is 1. The second-order valence-corrected chi connectivity index (χ2v) is 8.18. The molecule has 0 radical (unpaired) electrons. The summed E-state index contributed by atoms with van der Waals surface area (Å²) in [4.78, 5) is 37.5. The maximum Gasteiger partial charge on any atom is 0.343 e. The summed E-state index contributed by atoms with van der Waals surface area (Å²) >= 11 is 0. The summed E-state index contributed by atoms with van der Waals surface area (Å²) in [6.07, 6.45) is 1.33. The Morgan fingerprint density at radius 3 is 2.32 bits per heavy atom. The van der Waals surface area contributed by atoms with Crippen LogP contribution in [-0.4, -0.2) is 38.2 Å². The van der Waals surface area contributed by atoms with Gasteiger partial charge in [-0.2, -0.15) is 5.10 Å². The number of nitrogens with zero attached hydrogens (tertiary/aromatic N) is 1. The molecule has 0 bridgehead atoms. The highest BCUT2D eigenvalue weighted by molar-refractivity contribution is 6.39. The zero-order valence-corrected chi connectivity index (χ0v) is 21.0. The van der Waals surface area contributed by atoms with Crippen LogP contribution in [0.25, 0.3) is 10.8 Å². The number of amides is 2. The summed E-state index contributed by atoms with van der Waals surface area (Å²) in [6, 6.07) is 22.6. The van der Waals surface area contributed by atoms with Crippen molar-refractivity contribution < 1.29 is 28.6 Å². The number of esters is 1. The van der Waals surface area contributed by atoms with Crippen LogP contribution in [0.2, 0.25) is 0 Å².